The second-order valence-corrected chi connectivity index (χ2v) is 7.13. The number of aromatic nitrogens is 3. The van der Waals surface area contributed by atoms with E-state index in [1.807, 2.05) is 19.1 Å². The topological polar surface area (TPSA) is 92.9 Å². The molecule has 1 saturated carbocycles. The van der Waals surface area contributed by atoms with E-state index in [9.17, 15) is 4.79 Å². The van der Waals surface area contributed by atoms with Crippen molar-refractivity contribution in [1.82, 2.24) is 20.3 Å². The van der Waals surface area contributed by atoms with Crippen molar-refractivity contribution in [3.05, 3.63) is 47.2 Å². The van der Waals surface area contributed by atoms with Crippen LogP contribution in [-0.2, 0) is 6.54 Å². The molecule has 1 fully saturated rings. The second-order valence-electron chi connectivity index (χ2n) is 7.13. The number of furan rings is 1. The van der Waals surface area contributed by atoms with Crippen LogP contribution in [0.5, 0.6) is 0 Å². The third-order valence-electron chi connectivity index (χ3n) is 4.71. The fourth-order valence-corrected chi connectivity index (χ4v) is 2.97. The van der Waals surface area contributed by atoms with Crippen molar-refractivity contribution in [2.45, 2.75) is 45.7 Å². The Morgan fingerprint density at radius 2 is 2.08 bits per heavy atom. The summed E-state index contributed by atoms with van der Waals surface area (Å²) >= 11 is 0. The zero-order valence-electron chi connectivity index (χ0n) is 15.1. The van der Waals surface area contributed by atoms with Crippen LogP contribution in [0.15, 0.2) is 29.1 Å². The Bertz CT molecular complexity index is 991. The van der Waals surface area contributed by atoms with Crippen LogP contribution in [0.3, 0.4) is 0 Å². The Balaban J connectivity index is 1.64. The Hall–Kier alpha value is -2.96. The number of amides is 1. The van der Waals surface area contributed by atoms with Gasteiger partial charge in [0.05, 0.1) is 23.2 Å². The van der Waals surface area contributed by atoms with Gasteiger partial charge in [-0.1, -0.05) is 0 Å². The van der Waals surface area contributed by atoms with Crippen LogP contribution in [0.2, 0.25) is 0 Å². The minimum atomic E-state index is -0.219. The van der Waals surface area contributed by atoms with Crippen LogP contribution in [0.4, 0.5) is 5.82 Å². The largest absolute Gasteiger partial charge is 0.442 e. The zero-order valence-corrected chi connectivity index (χ0v) is 15.1. The van der Waals surface area contributed by atoms with E-state index in [4.69, 9.17) is 4.42 Å². The number of fused-ring (bicyclic) bond motifs is 1. The normalized spacial score (nSPS) is 15.0. The molecule has 3 aromatic heterocycles. The maximum absolute atomic E-state index is 12.9. The molecule has 1 aliphatic carbocycles. The summed E-state index contributed by atoms with van der Waals surface area (Å²) in [5.74, 6) is 0.952. The standard InChI is InChI=1S/C19H21N5O2/c1-11-4-7-20-13(8-11)9-21-17(25)14-12(2)26-18-15(14)16(22-10-23-18)24-19(3)5-6-19/h4,7-8,10H,5-6,9H2,1-3H3,(H,21,25)(H,22,23,24). The Morgan fingerprint density at radius 1 is 1.27 bits per heavy atom. The van der Waals surface area contributed by atoms with Gasteiger partial charge in [-0.2, -0.15) is 0 Å². The van der Waals surface area contributed by atoms with E-state index in [1.54, 1.807) is 13.1 Å². The van der Waals surface area contributed by atoms with Crippen molar-refractivity contribution in [3.63, 3.8) is 0 Å². The fraction of sp³-hybridized carbons (Fsp3) is 0.368. The molecule has 1 amide bonds. The lowest BCUT2D eigenvalue weighted by Crippen LogP contribution is -2.24. The third kappa shape index (κ3) is 3.12. The molecule has 7 heteroatoms. The van der Waals surface area contributed by atoms with Gasteiger partial charge in [-0.05, 0) is 51.3 Å². The molecular formula is C19H21N5O2. The number of hydrogen-bond acceptors (Lipinski definition) is 6. The van der Waals surface area contributed by atoms with E-state index in [0.29, 0.717) is 34.8 Å². The molecule has 0 unspecified atom stereocenters. The first-order chi connectivity index (χ1) is 12.5. The number of rotatable bonds is 5. The molecule has 134 valence electrons. The quantitative estimate of drug-likeness (QED) is 0.733. The van der Waals surface area contributed by atoms with Gasteiger partial charge in [0.25, 0.3) is 5.91 Å². The highest BCUT2D eigenvalue weighted by atomic mass is 16.3. The molecule has 0 bridgehead atoms. The van der Waals surface area contributed by atoms with Crippen LogP contribution < -0.4 is 10.6 Å². The molecule has 1 aliphatic rings. The van der Waals surface area contributed by atoms with E-state index in [-0.39, 0.29) is 11.4 Å². The van der Waals surface area contributed by atoms with Gasteiger partial charge >= 0.3 is 0 Å². The summed E-state index contributed by atoms with van der Waals surface area (Å²) in [5.41, 5.74) is 2.84. The van der Waals surface area contributed by atoms with E-state index >= 15 is 0 Å². The average Bonchev–Trinajstić information content (AvgIpc) is 3.21. The van der Waals surface area contributed by atoms with Crippen LogP contribution >= 0.6 is 0 Å². The molecule has 0 spiro atoms. The van der Waals surface area contributed by atoms with Gasteiger partial charge in [0.1, 0.15) is 17.9 Å². The maximum Gasteiger partial charge on any atom is 0.255 e. The first-order valence-corrected chi connectivity index (χ1v) is 8.67. The van der Waals surface area contributed by atoms with Crippen molar-refractivity contribution in [3.8, 4) is 0 Å². The van der Waals surface area contributed by atoms with Gasteiger partial charge < -0.3 is 15.1 Å². The highest BCUT2D eigenvalue weighted by Gasteiger charge is 2.38. The number of nitrogens with one attached hydrogen (secondary N) is 2. The predicted molar refractivity (Wildman–Crippen MR) is 97.9 cm³/mol. The van der Waals surface area contributed by atoms with Crippen molar-refractivity contribution in [1.29, 1.82) is 0 Å². The second kappa shape index (κ2) is 6.09. The summed E-state index contributed by atoms with van der Waals surface area (Å²) < 4.78 is 5.70. The molecule has 0 saturated heterocycles. The monoisotopic (exact) mass is 351 g/mol. The van der Waals surface area contributed by atoms with Crippen LogP contribution in [0, 0.1) is 13.8 Å². The molecule has 3 aromatic rings. The summed E-state index contributed by atoms with van der Waals surface area (Å²) in [6, 6.07) is 3.87. The Kier molecular flexibility index (Phi) is 3.86. The first-order valence-electron chi connectivity index (χ1n) is 8.67. The predicted octanol–water partition coefficient (Wildman–Crippen LogP) is 3.13. The van der Waals surface area contributed by atoms with Crippen molar-refractivity contribution in [2.24, 2.45) is 0 Å². The number of aryl methyl sites for hydroxylation is 2. The van der Waals surface area contributed by atoms with Gasteiger partial charge in [-0.25, -0.2) is 9.97 Å². The molecule has 0 aromatic carbocycles. The van der Waals surface area contributed by atoms with E-state index in [2.05, 4.69) is 32.5 Å². The molecule has 3 heterocycles. The highest BCUT2D eigenvalue weighted by Crippen LogP contribution is 2.40. The summed E-state index contributed by atoms with van der Waals surface area (Å²) in [5, 5.41) is 6.98. The van der Waals surface area contributed by atoms with Gasteiger partial charge in [-0.15, -0.1) is 0 Å². The molecule has 0 atom stereocenters. The molecule has 4 rings (SSSR count). The molecule has 2 N–H and O–H groups in total. The lowest BCUT2D eigenvalue weighted by Gasteiger charge is -2.13. The smallest absolute Gasteiger partial charge is 0.255 e. The van der Waals surface area contributed by atoms with Crippen molar-refractivity contribution < 1.29 is 9.21 Å². The molecule has 7 nitrogen and oxygen atoms in total. The van der Waals surface area contributed by atoms with E-state index in [0.717, 1.165) is 24.1 Å². The number of carbonyl (C=O) groups excluding carboxylic acids is 1. The SMILES string of the molecule is Cc1ccnc(CNC(=O)c2c(C)oc3ncnc(NC4(C)CC4)c23)c1. The van der Waals surface area contributed by atoms with Gasteiger partial charge in [-0.3, -0.25) is 9.78 Å². The highest BCUT2D eigenvalue weighted by molar-refractivity contribution is 6.10. The molecule has 0 radical (unpaired) electrons. The Morgan fingerprint density at radius 3 is 2.81 bits per heavy atom. The average molecular weight is 351 g/mol. The molecule has 26 heavy (non-hydrogen) atoms. The summed E-state index contributed by atoms with van der Waals surface area (Å²) in [6.45, 7) is 6.25. The van der Waals surface area contributed by atoms with Crippen molar-refractivity contribution >= 4 is 22.8 Å². The lowest BCUT2D eigenvalue weighted by molar-refractivity contribution is 0.0950. The lowest BCUT2D eigenvalue weighted by atomic mass is 10.1. The van der Waals surface area contributed by atoms with Crippen LogP contribution in [0.1, 0.15) is 47.1 Å². The molecule has 0 aliphatic heterocycles. The summed E-state index contributed by atoms with van der Waals surface area (Å²) in [7, 11) is 0. The minimum absolute atomic E-state index is 0.0334. The number of anilines is 1. The molecular weight excluding hydrogens is 330 g/mol. The Labute approximate surface area is 151 Å². The third-order valence-corrected chi connectivity index (χ3v) is 4.71. The first kappa shape index (κ1) is 16.5. The van der Waals surface area contributed by atoms with Crippen LogP contribution in [0.25, 0.3) is 11.1 Å². The fourth-order valence-electron chi connectivity index (χ4n) is 2.97. The minimum Gasteiger partial charge on any atom is -0.442 e. The van der Waals surface area contributed by atoms with Crippen LogP contribution in [-0.4, -0.2) is 26.4 Å². The van der Waals surface area contributed by atoms with E-state index in [1.165, 1.54) is 6.33 Å². The van der Waals surface area contributed by atoms with Gasteiger partial charge in [0.2, 0.25) is 5.71 Å². The van der Waals surface area contributed by atoms with Gasteiger partial charge in [0.15, 0.2) is 0 Å². The summed E-state index contributed by atoms with van der Waals surface area (Å²) in [6.07, 6.45) is 5.35. The zero-order chi connectivity index (χ0) is 18.3. The summed E-state index contributed by atoms with van der Waals surface area (Å²) in [4.78, 5) is 25.6. The number of nitrogens with zero attached hydrogens (tertiary/aromatic N) is 3. The van der Waals surface area contributed by atoms with E-state index < -0.39 is 0 Å². The number of carbonyl (C=O) groups is 1. The van der Waals surface area contributed by atoms with Gasteiger partial charge in [0, 0.05) is 11.7 Å². The van der Waals surface area contributed by atoms with Crippen molar-refractivity contribution in [2.75, 3.05) is 5.32 Å². The maximum atomic E-state index is 12.9. The number of hydrogen-bond donors (Lipinski definition) is 2. The number of pyridine rings is 1.